The third-order valence-corrected chi connectivity index (χ3v) is 6.89. The van der Waals surface area contributed by atoms with Crippen molar-refractivity contribution in [2.45, 2.75) is 70.1 Å². The molecule has 2 aliphatic carbocycles. The van der Waals surface area contributed by atoms with Gasteiger partial charge in [0.15, 0.2) is 0 Å². The van der Waals surface area contributed by atoms with Crippen LogP contribution in [-0.2, 0) is 4.79 Å². The van der Waals surface area contributed by atoms with Gasteiger partial charge in [0.25, 0.3) is 0 Å². The van der Waals surface area contributed by atoms with E-state index in [2.05, 4.69) is 29.4 Å². The average Bonchev–Trinajstić information content (AvgIpc) is 3.27. The maximum absolute atomic E-state index is 11.4. The number of rotatable bonds is 7. The molecule has 0 atom stereocenters. The van der Waals surface area contributed by atoms with Crippen LogP contribution < -0.4 is 10.3 Å². The summed E-state index contributed by atoms with van der Waals surface area (Å²) in [6, 6.07) is 10.8. The van der Waals surface area contributed by atoms with Crippen LogP contribution in [0.2, 0.25) is 0 Å². The van der Waals surface area contributed by atoms with E-state index in [4.69, 9.17) is 10.0 Å². The zero-order valence-electron chi connectivity index (χ0n) is 17.6. The summed E-state index contributed by atoms with van der Waals surface area (Å²) in [6.07, 6.45) is 13.0. The number of benzene rings is 1. The van der Waals surface area contributed by atoms with Crippen molar-refractivity contribution in [2.75, 3.05) is 6.61 Å². The van der Waals surface area contributed by atoms with Crippen LogP contribution in [0, 0.1) is 11.8 Å². The third-order valence-electron chi connectivity index (χ3n) is 6.89. The van der Waals surface area contributed by atoms with E-state index in [0.717, 1.165) is 43.5 Å². The molecule has 2 aliphatic rings. The molecule has 0 saturated heterocycles. The smallest absolute Gasteiger partial charge is 0.243 e. The standard InChI is InChI=1S/C24H33N3O3/c28-24(26-29)16-18-6-8-20(9-7-18)21-10-12-22(13-11-21)23-14-15-25-27(23)30-17-19-4-2-1-3-5-19/h10-15,18-20,29H,1-9,16-17H2,(H,26,28)/t18-,20-. The first kappa shape index (κ1) is 20.9. The van der Waals surface area contributed by atoms with Gasteiger partial charge in [-0.2, -0.15) is 0 Å². The van der Waals surface area contributed by atoms with Crippen molar-refractivity contribution in [1.29, 1.82) is 0 Å². The van der Waals surface area contributed by atoms with E-state index in [1.165, 1.54) is 37.7 Å². The molecule has 2 N–H and O–H groups in total. The minimum Gasteiger partial charge on any atom is -0.396 e. The summed E-state index contributed by atoms with van der Waals surface area (Å²) in [4.78, 5) is 19.1. The number of hydrogen-bond acceptors (Lipinski definition) is 4. The Hall–Kier alpha value is -2.34. The Balaban J connectivity index is 1.33. The lowest BCUT2D eigenvalue weighted by molar-refractivity contribution is -0.130. The van der Waals surface area contributed by atoms with Gasteiger partial charge in [-0.3, -0.25) is 10.0 Å². The molecule has 0 unspecified atom stereocenters. The van der Waals surface area contributed by atoms with Crippen molar-refractivity contribution >= 4 is 5.91 Å². The van der Waals surface area contributed by atoms with Crippen LogP contribution in [0.1, 0.15) is 75.7 Å². The van der Waals surface area contributed by atoms with E-state index in [-0.39, 0.29) is 5.91 Å². The first-order valence-corrected chi connectivity index (χ1v) is 11.4. The van der Waals surface area contributed by atoms with E-state index in [1.807, 2.05) is 6.07 Å². The molecular weight excluding hydrogens is 378 g/mol. The molecule has 30 heavy (non-hydrogen) atoms. The van der Waals surface area contributed by atoms with Crippen molar-refractivity contribution in [3.8, 4) is 11.3 Å². The van der Waals surface area contributed by atoms with Crippen LogP contribution in [-0.4, -0.2) is 27.7 Å². The number of aromatic nitrogens is 2. The number of carbonyl (C=O) groups excluding carboxylic acids is 1. The molecule has 2 fully saturated rings. The van der Waals surface area contributed by atoms with Crippen LogP contribution in [0.15, 0.2) is 36.5 Å². The number of nitrogens with one attached hydrogen (secondary N) is 1. The highest BCUT2D eigenvalue weighted by Gasteiger charge is 2.24. The number of amides is 1. The van der Waals surface area contributed by atoms with Gasteiger partial charge in [0.1, 0.15) is 12.3 Å². The fourth-order valence-corrected chi connectivity index (χ4v) is 5.06. The average molecular weight is 412 g/mol. The summed E-state index contributed by atoms with van der Waals surface area (Å²) >= 11 is 0. The van der Waals surface area contributed by atoms with Crippen LogP contribution in [0.5, 0.6) is 0 Å². The Morgan fingerprint density at radius 3 is 2.43 bits per heavy atom. The molecule has 0 aliphatic heterocycles. The Morgan fingerprint density at radius 2 is 1.73 bits per heavy atom. The van der Waals surface area contributed by atoms with Crippen LogP contribution in [0.3, 0.4) is 0 Å². The highest BCUT2D eigenvalue weighted by molar-refractivity contribution is 5.74. The molecule has 2 saturated carbocycles. The summed E-state index contributed by atoms with van der Waals surface area (Å²) in [5, 5.41) is 13.1. The first-order valence-electron chi connectivity index (χ1n) is 11.4. The van der Waals surface area contributed by atoms with Gasteiger partial charge in [-0.05, 0) is 67.9 Å². The van der Waals surface area contributed by atoms with Crippen LogP contribution >= 0.6 is 0 Å². The molecular formula is C24H33N3O3. The molecule has 0 bridgehead atoms. The summed E-state index contributed by atoms with van der Waals surface area (Å²) in [5.41, 5.74) is 5.22. The summed E-state index contributed by atoms with van der Waals surface area (Å²) < 4.78 is 0. The van der Waals surface area contributed by atoms with Crippen LogP contribution in [0.4, 0.5) is 0 Å². The van der Waals surface area contributed by atoms with Gasteiger partial charge in [-0.1, -0.05) is 48.4 Å². The van der Waals surface area contributed by atoms with E-state index < -0.39 is 0 Å². The molecule has 4 rings (SSSR count). The lowest BCUT2D eigenvalue weighted by Gasteiger charge is -2.28. The largest absolute Gasteiger partial charge is 0.396 e. The van der Waals surface area contributed by atoms with Crippen molar-refractivity contribution in [3.63, 3.8) is 0 Å². The minimum absolute atomic E-state index is 0.273. The Morgan fingerprint density at radius 1 is 1.00 bits per heavy atom. The fraction of sp³-hybridized carbons (Fsp3) is 0.583. The number of carbonyl (C=O) groups is 1. The van der Waals surface area contributed by atoms with Crippen molar-refractivity contribution in [1.82, 2.24) is 15.4 Å². The Kier molecular flexibility index (Phi) is 7.05. The lowest BCUT2D eigenvalue weighted by atomic mass is 9.77. The normalized spacial score (nSPS) is 22.6. The number of hydrogen-bond donors (Lipinski definition) is 2. The quantitative estimate of drug-likeness (QED) is 0.510. The van der Waals surface area contributed by atoms with Gasteiger partial charge < -0.3 is 4.84 Å². The number of hydroxylamine groups is 1. The molecule has 0 radical (unpaired) electrons. The van der Waals surface area contributed by atoms with E-state index >= 15 is 0 Å². The Bertz CT molecular complexity index is 803. The van der Waals surface area contributed by atoms with Crippen molar-refractivity contribution < 1.29 is 14.8 Å². The van der Waals surface area contributed by atoms with Gasteiger partial charge in [-0.25, -0.2) is 5.48 Å². The predicted octanol–water partition coefficient (Wildman–Crippen LogP) is 4.73. The zero-order valence-corrected chi connectivity index (χ0v) is 17.6. The lowest BCUT2D eigenvalue weighted by Crippen LogP contribution is -2.24. The summed E-state index contributed by atoms with van der Waals surface area (Å²) in [7, 11) is 0. The summed E-state index contributed by atoms with van der Waals surface area (Å²) in [5.74, 6) is 1.30. The minimum atomic E-state index is -0.273. The molecule has 1 amide bonds. The van der Waals surface area contributed by atoms with Crippen LogP contribution in [0.25, 0.3) is 11.3 Å². The molecule has 2 aromatic rings. The second-order valence-electron chi connectivity index (χ2n) is 8.97. The molecule has 0 spiro atoms. The van der Waals surface area contributed by atoms with Crippen molar-refractivity contribution in [2.24, 2.45) is 11.8 Å². The molecule has 162 valence electrons. The fourth-order valence-electron chi connectivity index (χ4n) is 5.06. The predicted molar refractivity (Wildman–Crippen MR) is 115 cm³/mol. The van der Waals surface area contributed by atoms with E-state index in [9.17, 15) is 4.79 Å². The zero-order chi connectivity index (χ0) is 20.8. The highest BCUT2D eigenvalue weighted by Crippen LogP contribution is 2.37. The first-order chi connectivity index (χ1) is 14.7. The molecule has 1 heterocycles. The van der Waals surface area contributed by atoms with Gasteiger partial charge in [0.05, 0.1) is 6.20 Å². The second kappa shape index (κ2) is 10.1. The van der Waals surface area contributed by atoms with E-state index in [0.29, 0.717) is 24.2 Å². The van der Waals surface area contributed by atoms with Gasteiger partial charge in [0.2, 0.25) is 5.91 Å². The monoisotopic (exact) mass is 411 g/mol. The third kappa shape index (κ3) is 5.22. The molecule has 1 aromatic carbocycles. The van der Waals surface area contributed by atoms with Gasteiger partial charge in [-0.15, -0.1) is 5.10 Å². The molecule has 6 heteroatoms. The SMILES string of the molecule is O=C(C[C@H]1CC[C@H](c2ccc(-c3ccnn3OCC3CCCCC3)cc2)CC1)NO. The maximum Gasteiger partial charge on any atom is 0.243 e. The Labute approximate surface area is 178 Å². The second-order valence-corrected chi connectivity index (χ2v) is 8.97. The van der Waals surface area contributed by atoms with Crippen molar-refractivity contribution in [3.05, 3.63) is 42.1 Å². The topological polar surface area (TPSA) is 76.4 Å². The maximum atomic E-state index is 11.4. The summed E-state index contributed by atoms with van der Waals surface area (Å²) in [6.45, 7) is 0.740. The van der Waals surface area contributed by atoms with E-state index in [1.54, 1.807) is 16.5 Å². The van der Waals surface area contributed by atoms with Gasteiger partial charge in [0, 0.05) is 12.0 Å². The molecule has 1 aromatic heterocycles. The van der Waals surface area contributed by atoms with Gasteiger partial charge >= 0.3 is 0 Å². The molecule has 6 nitrogen and oxygen atoms in total. The highest BCUT2D eigenvalue weighted by atomic mass is 16.7. The number of nitrogens with zero attached hydrogens (tertiary/aromatic N) is 2.